The van der Waals surface area contributed by atoms with Gasteiger partial charge in [0.1, 0.15) is 23.1 Å². The molecule has 230 valence electrons. The summed E-state index contributed by atoms with van der Waals surface area (Å²) in [5.41, 5.74) is 13.0. The van der Waals surface area contributed by atoms with Gasteiger partial charge in [-0.1, -0.05) is 0 Å². The van der Waals surface area contributed by atoms with E-state index >= 15 is 0 Å². The number of nitrogens with zero attached hydrogens (tertiary/aromatic N) is 2. The fourth-order valence-corrected chi connectivity index (χ4v) is 4.71. The van der Waals surface area contributed by atoms with E-state index in [2.05, 4.69) is 21.3 Å². The molecular weight excluding hydrogens is 564 g/mol. The molecule has 2 fully saturated rings. The first-order chi connectivity index (χ1) is 21.0. The second-order valence-corrected chi connectivity index (χ2v) is 11.3. The SMILES string of the molecule is N=C(N)CNC(=O)c1cc(NC(=O)c2ccc(C(=O)Nc3cc(C(=O)NCC(=N)N)n(CC4CC4)c3)cc2)cn1CC1CC1. The maximum atomic E-state index is 13.0. The van der Waals surface area contributed by atoms with E-state index in [-0.39, 0.29) is 36.6 Å². The van der Waals surface area contributed by atoms with Crippen LogP contribution in [0, 0.1) is 22.7 Å². The minimum atomic E-state index is -0.408. The summed E-state index contributed by atoms with van der Waals surface area (Å²) in [4.78, 5) is 51.3. The molecule has 0 saturated heterocycles. The average molecular weight is 601 g/mol. The van der Waals surface area contributed by atoms with Crippen LogP contribution in [0.5, 0.6) is 0 Å². The lowest BCUT2D eigenvalue weighted by atomic mass is 10.1. The second kappa shape index (κ2) is 12.9. The van der Waals surface area contributed by atoms with Crippen molar-refractivity contribution in [3.63, 3.8) is 0 Å². The van der Waals surface area contributed by atoms with Crippen molar-refractivity contribution < 1.29 is 19.2 Å². The van der Waals surface area contributed by atoms with E-state index in [1.54, 1.807) is 33.7 Å². The Kier molecular flexibility index (Phi) is 8.78. The molecule has 10 N–H and O–H groups in total. The first-order valence-electron chi connectivity index (χ1n) is 14.4. The summed E-state index contributed by atoms with van der Waals surface area (Å²) in [6, 6.07) is 9.30. The van der Waals surface area contributed by atoms with Gasteiger partial charge in [-0.05, 0) is 73.9 Å². The summed E-state index contributed by atoms with van der Waals surface area (Å²) in [5, 5.41) is 25.5. The van der Waals surface area contributed by atoms with Crippen molar-refractivity contribution in [2.75, 3.05) is 23.7 Å². The normalized spacial score (nSPS) is 14.0. The zero-order valence-electron chi connectivity index (χ0n) is 24.1. The lowest BCUT2D eigenvalue weighted by molar-refractivity contribution is 0.0941. The Morgan fingerprint density at radius 1 is 0.659 bits per heavy atom. The zero-order valence-corrected chi connectivity index (χ0v) is 24.1. The van der Waals surface area contributed by atoms with Gasteiger partial charge in [0.05, 0.1) is 24.5 Å². The van der Waals surface area contributed by atoms with Crippen LogP contribution in [0.4, 0.5) is 11.4 Å². The quantitative estimate of drug-likeness (QED) is 0.102. The Labute approximate surface area is 253 Å². The van der Waals surface area contributed by atoms with Gasteiger partial charge in [0.25, 0.3) is 23.6 Å². The predicted octanol–water partition coefficient (Wildman–Crippen LogP) is 1.95. The summed E-state index contributed by atoms with van der Waals surface area (Å²) < 4.78 is 3.60. The van der Waals surface area contributed by atoms with Crippen LogP contribution in [0.3, 0.4) is 0 Å². The van der Waals surface area contributed by atoms with Crippen LogP contribution in [0.25, 0.3) is 0 Å². The molecule has 2 heterocycles. The van der Waals surface area contributed by atoms with Gasteiger partial charge in [-0.25, -0.2) is 0 Å². The van der Waals surface area contributed by atoms with Gasteiger partial charge >= 0.3 is 0 Å². The molecule has 2 aromatic heterocycles. The molecule has 0 bridgehead atoms. The van der Waals surface area contributed by atoms with Gasteiger partial charge in [-0.2, -0.15) is 0 Å². The van der Waals surface area contributed by atoms with E-state index in [1.807, 2.05) is 0 Å². The minimum absolute atomic E-state index is 0.0705. The molecule has 0 spiro atoms. The Hall–Kier alpha value is -5.40. The molecule has 1 aromatic carbocycles. The molecule has 4 amide bonds. The number of anilines is 2. The van der Waals surface area contributed by atoms with Crippen molar-refractivity contribution in [3.8, 4) is 0 Å². The third-order valence-electron chi connectivity index (χ3n) is 7.37. The molecule has 44 heavy (non-hydrogen) atoms. The number of nitrogens with one attached hydrogen (secondary N) is 6. The van der Waals surface area contributed by atoms with Gasteiger partial charge in [0.2, 0.25) is 0 Å². The number of hydrogen-bond acceptors (Lipinski definition) is 6. The fraction of sp³-hybridized carbons (Fsp3) is 0.333. The van der Waals surface area contributed by atoms with Crippen molar-refractivity contribution in [1.82, 2.24) is 19.8 Å². The minimum Gasteiger partial charge on any atom is -0.386 e. The summed E-state index contributed by atoms with van der Waals surface area (Å²) in [5.74, 6) is -0.937. The van der Waals surface area contributed by atoms with Crippen LogP contribution in [0.15, 0.2) is 48.8 Å². The van der Waals surface area contributed by atoms with E-state index in [4.69, 9.17) is 22.3 Å². The molecule has 2 aliphatic carbocycles. The molecule has 2 aliphatic rings. The molecule has 14 nitrogen and oxygen atoms in total. The van der Waals surface area contributed by atoms with Crippen LogP contribution in [-0.2, 0) is 13.1 Å². The lowest BCUT2D eigenvalue weighted by Crippen LogP contribution is -2.34. The molecular formula is C30H36N10O4. The van der Waals surface area contributed by atoms with E-state index in [0.717, 1.165) is 25.7 Å². The molecule has 3 aromatic rings. The van der Waals surface area contributed by atoms with Crippen LogP contribution in [0.2, 0.25) is 0 Å². The second-order valence-electron chi connectivity index (χ2n) is 11.3. The highest BCUT2D eigenvalue weighted by atomic mass is 16.2. The van der Waals surface area contributed by atoms with E-state index < -0.39 is 11.8 Å². The van der Waals surface area contributed by atoms with Crippen LogP contribution < -0.4 is 32.7 Å². The van der Waals surface area contributed by atoms with E-state index in [0.29, 0.717) is 58.8 Å². The van der Waals surface area contributed by atoms with Crippen molar-refractivity contribution >= 4 is 46.7 Å². The monoisotopic (exact) mass is 600 g/mol. The number of amidine groups is 2. The smallest absolute Gasteiger partial charge is 0.268 e. The Morgan fingerprint density at radius 3 is 1.34 bits per heavy atom. The number of rotatable bonds is 14. The van der Waals surface area contributed by atoms with E-state index in [1.165, 1.54) is 24.3 Å². The molecule has 2 saturated carbocycles. The highest BCUT2D eigenvalue weighted by molar-refractivity contribution is 6.08. The largest absolute Gasteiger partial charge is 0.386 e. The standard InChI is InChI=1S/C30H36N10O4/c31-25(32)11-35-29(43)23-9-21(15-39(23)13-17-1-2-17)37-27(41)19-5-7-20(8-6-19)28(42)38-22-10-24(30(44)36-12-26(33)34)40(16-22)14-18-3-4-18/h5-10,15-18H,1-4,11-14H2,(H3,31,32)(H3,33,34)(H,35,43)(H,36,44)(H,37,41)(H,38,42). The third-order valence-corrected chi connectivity index (χ3v) is 7.37. The summed E-state index contributed by atoms with van der Waals surface area (Å²) in [6.45, 7) is 1.16. The molecule has 5 rings (SSSR count). The molecule has 0 unspecified atom stereocenters. The van der Waals surface area contributed by atoms with E-state index in [9.17, 15) is 19.2 Å². The number of hydrogen-bond donors (Lipinski definition) is 8. The maximum absolute atomic E-state index is 13.0. The third kappa shape index (κ3) is 7.91. The molecule has 0 radical (unpaired) electrons. The zero-order chi connectivity index (χ0) is 31.4. The lowest BCUT2D eigenvalue weighted by Gasteiger charge is -2.08. The first-order valence-corrected chi connectivity index (χ1v) is 14.4. The topological polar surface area (TPSA) is 226 Å². The average Bonchev–Trinajstić information content (AvgIpc) is 3.90. The van der Waals surface area contributed by atoms with Crippen molar-refractivity contribution in [2.24, 2.45) is 23.3 Å². The first kappa shape index (κ1) is 30.1. The number of benzene rings is 1. The fourth-order valence-electron chi connectivity index (χ4n) is 4.71. The maximum Gasteiger partial charge on any atom is 0.268 e. The number of carbonyl (C=O) groups excluding carboxylic acids is 4. The molecule has 14 heteroatoms. The summed E-state index contributed by atoms with van der Waals surface area (Å²) in [7, 11) is 0. The number of aromatic nitrogens is 2. The Balaban J connectivity index is 1.23. The van der Waals surface area contributed by atoms with Gasteiger partial charge < -0.3 is 41.9 Å². The van der Waals surface area contributed by atoms with Gasteiger partial charge in [0.15, 0.2) is 0 Å². The predicted molar refractivity (Wildman–Crippen MR) is 165 cm³/mol. The van der Waals surface area contributed by atoms with Gasteiger partial charge in [-0.3, -0.25) is 30.0 Å². The van der Waals surface area contributed by atoms with Crippen molar-refractivity contribution in [1.29, 1.82) is 10.8 Å². The Morgan fingerprint density at radius 2 is 1.02 bits per heavy atom. The molecule has 0 aliphatic heterocycles. The van der Waals surface area contributed by atoms with Gasteiger partial charge in [-0.15, -0.1) is 0 Å². The molecule has 0 atom stereocenters. The van der Waals surface area contributed by atoms with Crippen LogP contribution in [-0.4, -0.2) is 57.5 Å². The Bertz CT molecular complexity index is 1490. The van der Waals surface area contributed by atoms with Crippen molar-refractivity contribution in [2.45, 2.75) is 38.8 Å². The highest BCUT2D eigenvalue weighted by Crippen LogP contribution is 2.33. The highest BCUT2D eigenvalue weighted by Gasteiger charge is 2.26. The van der Waals surface area contributed by atoms with Gasteiger partial charge in [0, 0.05) is 36.6 Å². The number of nitrogens with two attached hydrogens (primary N) is 2. The van der Waals surface area contributed by atoms with Crippen LogP contribution in [0.1, 0.15) is 67.4 Å². The number of carbonyl (C=O) groups is 4. The van der Waals surface area contributed by atoms with Crippen molar-refractivity contribution in [3.05, 3.63) is 71.3 Å². The summed E-state index contributed by atoms with van der Waals surface area (Å²) in [6.07, 6.45) is 7.75. The van der Waals surface area contributed by atoms with Crippen LogP contribution >= 0.6 is 0 Å². The summed E-state index contributed by atoms with van der Waals surface area (Å²) >= 11 is 0. The number of amides is 4.